The second-order valence-electron chi connectivity index (χ2n) is 3.24. The molecule has 1 rings (SSSR count). The average Bonchev–Trinajstić information content (AvgIpc) is 2.27. The van der Waals surface area contributed by atoms with Gasteiger partial charge in [0.25, 0.3) is 0 Å². The molecule has 0 heterocycles. The van der Waals surface area contributed by atoms with Gasteiger partial charge in [-0.25, -0.2) is 4.79 Å². The molecular weight excluding hydrogens is 230 g/mol. The van der Waals surface area contributed by atoms with E-state index in [4.69, 9.17) is 10.8 Å². The minimum absolute atomic E-state index is 0.185. The van der Waals surface area contributed by atoms with Crippen molar-refractivity contribution in [3.8, 4) is 11.5 Å². The Kier molecular flexibility index (Phi) is 3.54. The van der Waals surface area contributed by atoms with Gasteiger partial charge < -0.3 is 25.8 Å². The van der Waals surface area contributed by atoms with Gasteiger partial charge in [0.1, 0.15) is 23.1 Å². The summed E-state index contributed by atoms with van der Waals surface area (Å²) in [5.74, 6) is -3.26. The zero-order valence-electron chi connectivity index (χ0n) is 8.88. The number of aromatic hydroxyl groups is 2. The fraction of sp³-hybridized carbons (Fsp3) is 0.200. The van der Waals surface area contributed by atoms with Crippen LogP contribution in [0.3, 0.4) is 0 Å². The highest BCUT2D eigenvalue weighted by atomic mass is 16.5. The predicted octanol–water partition coefficient (Wildman–Crippen LogP) is -0.0312. The standard InChI is InChI=1S/C10H11NO6/c1-17-10(16)5-2-4(8(11)9(14)15)6(12)3-7(5)13/h2-3,8,12-13H,11H2,1H3,(H,14,15). The van der Waals surface area contributed by atoms with E-state index >= 15 is 0 Å². The topological polar surface area (TPSA) is 130 Å². The molecule has 7 nitrogen and oxygen atoms in total. The largest absolute Gasteiger partial charge is 0.507 e. The third-order valence-corrected chi connectivity index (χ3v) is 2.15. The van der Waals surface area contributed by atoms with Gasteiger partial charge in [0.15, 0.2) is 0 Å². The average molecular weight is 241 g/mol. The summed E-state index contributed by atoms with van der Waals surface area (Å²) in [6.07, 6.45) is 0. The maximum absolute atomic E-state index is 11.2. The number of aliphatic carboxylic acids is 1. The summed E-state index contributed by atoms with van der Waals surface area (Å²) in [7, 11) is 1.10. The van der Waals surface area contributed by atoms with Gasteiger partial charge in [-0.05, 0) is 6.07 Å². The number of hydrogen-bond acceptors (Lipinski definition) is 6. The summed E-state index contributed by atoms with van der Waals surface area (Å²) >= 11 is 0. The zero-order chi connectivity index (χ0) is 13.2. The maximum atomic E-state index is 11.2. The van der Waals surface area contributed by atoms with Crippen LogP contribution in [0.2, 0.25) is 0 Å². The fourth-order valence-corrected chi connectivity index (χ4v) is 1.25. The number of methoxy groups -OCH3 is 1. The van der Waals surface area contributed by atoms with E-state index in [1.807, 2.05) is 0 Å². The summed E-state index contributed by atoms with van der Waals surface area (Å²) in [6.45, 7) is 0. The third-order valence-electron chi connectivity index (χ3n) is 2.15. The lowest BCUT2D eigenvalue weighted by Gasteiger charge is -2.11. The van der Waals surface area contributed by atoms with E-state index in [0.717, 1.165) is 19.2 Å². The van der Waals surface area contributed by atoms with E-state index in [0.29, 0.717) is 0 Å². The molecule has 0 radical (unpaired) electrons. The van der Waals surface area contributed by atoms with Gasteiger partial charge in [-0.1, -0.05) is 0 Å². The molecule has 0 saturated heterocycles. The number of esters is 1. The maximum Gasteiger partial charge on any atom is 0.341 e. The quantitative estimate of drug-likeness (QED) is 0.546. The first-order chi connectivity index (χ1) is 7.88. The molecule has 0 bridgehead atoms. The van der Waals surface area contributed by atoms with E-state index in [-0.39, 0.29) is 11.1 Å². The lowest BCUT2D eigenvalue weighted by atomic mass is 10.0. The molecule has 1 unspecified atom stereocenters. The van der Waals surface area contributed by atoms with E-state index in [9.17, 15) is 19.8 Å². The molecule has 0 amide bonds. The molecule has 5 N–H and O–H groups in total. The van der Waals surface area contributed by atoms with E-state index in [1.165, 1.54) is 0 Å². The number of hydrogen-bond donors (Lipinski definition) is 4. The lowest BCUT2D eigenvalue weighted by Crippen LogP contribution is -2.21. The van der Waals surface area contributed by atoms with Crippen molar-refractivity contribution in [1.29, 1.82) is 0 Å². The van der Waals surface area contributed by atoms with Crippen LogP contribution in [-0.4, -0.2) is 34.4 Å². The van der Waals surface area contributed by atoms with Gasteiger partial charge in [0, 0.05) is 11.6 Å². The molecule has 1 aromatic carbocycles. The zero-order valence-corrected chi connectivity index (χ0v) is 8.88. The van der Waals surface area contributed by atoms with Gasteiger partial charge in [0.2, 0.25) is 0 Å². The molecular formula is C10H11NO6. The van der Waals surface area contributed by atoms with E-state index in [2.05, 4.69) is 4.74 Å². The van der Waals surface area contributed by atoms with Crippen LogP contribution >= 0.6 is 0 Å². The number of rotatable bonds is 3. The summed E-state index contributed by atoms with van der Waals surface area (Å²) in [6, 6.07) is 0.318. The molecule has 17 heavy (non-hydrogen) atoms. The number of phenolic OH excluding ortho intramolecular Hbond substituents is 2. The first-order valence-corrected chi connectivity index (χ1v) is 4.51. The van der Waals surface area contributed by atoms with Crippen molar-refractivity contribution < 1.29 is 29.6 Å². The van der Waals surface area contributed by atoms with Crippen LogP contribution in [0, 0.1) is 0 Å². The Morgan fingerprint density at radius 1 is 1.29 bits per heavy atom. The molecule has 0 saturated carbocycles. The highest BCUT2D eigenvalue weighted by Crippen LogP contribution is 2.31. The van der Waals surface area contributed by atoms with Crippen LogP contribution in [0.4, 0.5) is 0 Å². The molecule has 7 heteroatoms. The van der Waals surface area contributed by atoms with Crippen molar-refractivity contribution in [1.82, 2.24) is 0 Å². The van der Waals surface area contributed by atoms with Crippen LogP contribution in [0.1, 0.15) is 22.0 Å². The second kappa shape index (κ2) is 4.71. The minimum atomic E-state index is -1.50. The molecule has 0 fully saturated rings. The Hall–Kier alpha value is -2.28. The number of carboxylic acids is 1. The lowest BCUT2D eigenvalue weighted by molar-refractivity contribution is -0.138. The first-order valence-electron chi connectivity index (χ1n) is 4.51. The Balaban J connectivity index is 3.33. The molecule has 0 aliphatic heterocycles. The van der Waals surface area contributed by atoms with Gasteiger partial charge in [0.05, 0.1) is 7.11 Å². The number of carboxylic acid groups (broad SMARTS) is 1. The Bertz CT molecular complexity index is 470. The normalized spacial score (nSPS) is 11.9. The number of benzene rings is 1. The van der Waals surface area contributed by atoms with Crippen molar-refractivity contribution in [2.45, 2.75) is 6.04 Å². The summed E-state index contributed by atoms with van der Waals surface area (Å²) in [5.41, 5.74) is 4.85. The minimum Gasteiger partial charge on any atom is -0.507 e. The highest BCUT2D eigenvalue weighted by molar-refractivity contribution is 5.93. The molecule has 92 valence electrons. The van der Waals surface area contributed by atoms with E-state index in [1.54, 1.807) is 0 Å². The summed E-state index contributed by atoms with van der Waals surface area (Å²) in [4.78, 5) is 21.9. The molecule has 0 aromatic heterocycles. The van der Waals surface area contributed by atoms with Crippen molar-refractivity contribution in [2.24, 2.45) is 5.73 Å². The number of ether oxygens (including phenoxy) is 1. The van der Waals surface area contributed by atoms with Crippen LogP contribution in [0.25, 0.3) is 0 Å². The van der Waals surface area contributed by atoms with Crippen molar-refractivity contribution in [3.63, 3.8) is 0 Å². The number of carbonyl (C=O) groups is 2. The van der Waals surface area contributed by atoms with Gasteiger partial charge in [-0.2, -0.15) is 0 Å². The fourth-order valence-electron chi connectivity index (χ4n) is 1.25. The van der Waals surface area contributed by atoms with Gasteiger partial charge in [-0.15, -0.1) is 0 Å². The predicted molar refractivity (Wildman–Crippen MR) is 55.7 cm³/mol. The Morgan fingerprint density at radius 2 is 1.88 bits per heavy atom. The Morgan fingerprint density at radius 3 is 2.35 bits per heavy atom. The number of nitrogens with two attached hydrogens (primary N) is 1. The van der Waals surface area contributed by atoms with Crippen LogP contribution in [-0.2, 0) is 9.53 Å². The first kappa shape index (κ1) is 12.8. The third kappa shape index (κ3) is 2.45. The van der Waals surface area contributed by atoms with Crippen molar-refractivity contribution in [3.05, 3.63) is 23.3 Å². The van der Waals surface area contributed by atoms with E-state index < -0.39 is 29.5 Å². The van der Waals surface area contributed by atoms with Crippen LogP contribution < -0.4 is 5.73 Å². The summed E-state index contributed by atoms with van der Waals surface area (Å²) < 4.78 is 4.38. The summed E-state index contributed by atoms with van der Waals surface area (Å²) in [5, 5.41) is 27.5. The monoisotopic (exact) mass is 241 g/mol. The molecule has 1 aromatic rings. The molecule has 1 atom stereocenters. The van der Waals surface area contributed by atoms with Gasteiger partial charge in [-0.3, -0.25) is 4.79 Å². The van der Waals surface area contributed by atoms with Crippen LogP contribution in [0.15, 0.2) is 12.1 Å². The van der Waals surface area contributed by atoms with Crippen molar-refractivity contribution in [2.75, 3.05) is 7.11 Å². The van der Waals surface area contributed by atoms with Crippen LogP contribution in [0.5, 0.6) is 11.5 Å². The molecule has 0 spiro atoms. The van der Waals surface area contributed by atoms with Crippen molar-refractivity contribution >= 4 is 11.9 Å². The highest BCUT2D eigenvalue weighted by Gasteiger charge is 2.22. The molecule has 0 aliphatic carbocycles. The number of carbonyl (C=O) groups excluding carboxylic acids is 1. The Labute approximate surface area is 96.1 Å². The smallest absolute Gasteiger partial charge is 0.341 e. The SMILES string of the molecule is COC(=O)c1cc(C(N)C(=O)O)c(O)cc1O. The molecule has 0 aliphatic rings. The number of phenols is 2. The second-order valence-corrected chi connectivity index (χ2v) is 3.24. The van der Waals surface area contributed by atoms with Gasteiger partial charge >= 0.3 is 11.9 Å².